The van der Waals surface area contributed by atoms with Crippen molar-refractivity contribution in [3.05, 3.63) is 59.4 Å². The number of imidazole rings is 1. The normalized spacial score (nSPS) is 18.1. The number of nitriles is 1. The first-order valence-electron chi connectivity index (χ1n) is 9.74. The highest BCUT2D eigenvalue weighted by molar-refractivity contribution is 5.89. The van der Waals surface area contributed by atoms with Crippen molar-refractivity contribution in [2.45, 2.75) is 24.6 Å². The van der Waals surface area contributed by atoms with Crippen LogP contribution in [-0.4, -0.2) is 28.8 Å². The summed E-state index contributed by atoms with van der Waals surface area (Å²) in [7, 11) is 0. The smallest absolute Gasteiger partial charge is 0.381 e. The monoisotopic (exact) mass is 426 g/mol. The van der Waals surface area contributed by atoms with Gasteiger partial charge in [0.2, 0.25) is 0 Å². The lowest BCUT2D eigenvalue weighted by Gasteiger charge is -2.29. The van der Waals surface area contributed by atoms with Gasteiger partial charge in [0.25, 0.3) is 0 Å². The van der Waals surface area contributed by atoms with E-state index in [9.17, 15) is 18.4 Å². The Morgan fingerprint density at radius 1 is 1.13 bits per heavy atom. The van der Waals surface area contributed by atoms with E-state index in [1.807, 2.05) is 12.1 Å². The largest absolute Gasteiger partial charge is 0.417 e. The zero-order chi connectivity index (χ0) is 21.6. The van der Waals surface area contributed by atoms with Crippen LogP contribution in [0.5, 0.6) is 0 Å². The Morgan fingerprint density at radius 3 is 2.65 bits per heavy atom. The molecule has 0 bridgehead atoms. The summed E-state index contributed by atoms with van der Waals surface area (Å²) in [6, 6.07) is 10.4. The van der Waals surface area contributed by atoms with Crippen LogP contribution in [0.2, 0.25) is 0 Å². The van der Waals surface area contributed by atoms with E-state index in [1.54, 1.807) is 6.07 Å². The number of hydrogen-bond donors (Lipinski definition) is 2. The molecule has 2 N–H and O–H groups in total. The molecule has 1 aromatic heterocycles. The number of aromatic amines is 1. The molecule has 3 aromatic rings. The van der Waals surface area contributed by atoms with E-state index >= 15 is 0 Å². The van der Waals surface area contributed by atoms with Crippen molar-refractivity contribution in [3.63, 3.8) is 0 Å². The van der Waals surface area contributed by atoms with Gasteiger partial charge in [-0.2, -0.15) is 18.4 Å². The van der Waals surface area contributed by atoms with E-state index in [4.69, 9.17) is 9.57 Å². The van der Waals surface area contributed by atoms with E-state index in [-0.39, 0.29) is 16.7 Å². The molecule has 2 aliphatic rings. The number of nitrogens with zero attached hydrogens (tertiary/aromatic N) is 2. The van der Waals surface area contributed by atoms with Gasteiger partial charge < -0.3 is 9.72 Å². The average Bonchev–Trinajstić information content (AvgIpc) is 3.37. The number of rotatable bonds is 2. The summed E-state index contributed by atoms with van der Waals surface area (Å²) in [5, 5.41) is 9.61. The predicted octanol–water partition coefficient (Wildman–Crippen LogP) is 4.55. The first kappa shape index (κ1) is 19.6. The molecule has 1 spiro atoms. The second kappa shape index (κ2) is 7.11. The Hall–Kier alpha value is -3.35. The van der Waals surface area contributed by atoms with Crippen molar-refractivity contribution in [3.8, 4) is 17.2 Å². The van der Waals surface area contributed by atoms with Crippen molar-refractivity contribution in [2.75, 3.05) is 13.2 Å². The maximum absolute atomic E-state index is 13.5. The first-order valence-corrected chi connectivity index (χ1v) is 9.74. The minimum atomic E-state index is -4.51. The number of hydroxylamine groups is 1. The van der Waals surface area contributed by atoms with Crippen LogP contribution in [0.15, 0.2) is 42.5 Å². The minimum Gasteiger partial charge on any atom is -0.381 e. The van der Waals surface area contributed by atoms with Crippen LogP contribution in [0.1, 0.15) is 29.8 Å². The number of benzene rings is 2. The molecule has 1 saturated heterocycles. The highest BCUT2D eigenvalue weighted by Crippen LogP contribution is 2.39. The molecule has 1 fully saturated rings. The molecule has 6 nitrogen and oxygen atoms in total. The molecule has 0 unspecified atom stereocenters. The van der Waals surface area contributed by atoms with Gasteiger partial charge in [-0.25, -0.2) is 4.98 Å². The fourth-order valence-corrected chi connectivity index (χ4v) is 4.03. The molecule has 2 aromatic carbocycles. The maximum atomic E-state index is 13.5. The van der Waals surface area contributed by atoms with Crippen LogP contribution >= 0.6 is 0 Å². The van der Waals surface area contributed by atoms with E-state index < -0.39 is 17.3 Å². The first-order chi connectivity index (χ1) is 14.9. The lowest BCUT2D eigenvalue weighted by atomic mass is 9.94. The molecular weight excluding hydrogens is 409 g/mol. The van der Waals surface area contributed by atoms with Crippen molar-refractivity contribution >= 4 is 16.7 Å². The van der Waals surface area contributed by atoms with Gasteiger partial charge in [-0.15, -0.1) is 0 Å². The van der Waals surface area contributed by atoms with Crippen LogP contribution in [0.3, 0.4) is 0 Å². The number of H-pyrrole nitrogens is 1. The molecule has 0 atom stereocenters. The van der Waals surface area contributed by atoms with Crippen LogP contribution in [-0.2, 0) is 15.8 Å². The molecule has 0 amide bonds. The van der Waals surface area contributed by atoms with E-state index in [0.717, 1.165) is 6.07 Å². The molecule has 158 valence electrons. The Labute approximate surface area is 175 Å². The minimum absolute atomic E-state index is 0.00671. The SMILES string of the molecule is N#Cc1cc(-c2ccccc2C(F)(F)F)cc2[nH]c(C3=CC4(CCOCC4)ON3)nc12. The molecule has 9 heteroatoms. The summed E-state index contributed by atoms with van der Waals surface area (Å²) in [4.78, 5) is 13.4. The maximum Gasteiger partial charge on any atom is 0.417 e. The quantitative estimate of drug-likeness (QED) is 0.629. The summed E-state index contributed by atoms with van der Waals surface area (Å²) >= 11 is 0. The summed E-state index contributed by atoms with van der Waals surface area (Å²) in [6.07, 6.45) is -1.16. The van der Waals surface area contributed by atoms with Gasteiger partial charge in [-0.05, 0) is 35.4 Å². The number of hydrogen-bond acceptors (Lipinski definition) is 5. The molecule has 0 radical (unpaired) electrons. The zero-order valence-corrected chi connectivity index (χ0v) is 16.2. The molecule has 2 aliphatic heterocycles. The van der Waals surface area contributed by atoms with Crippen LogP contribution in [0, 0.1) is 11.3 Å². The third-order valence-corrected chi connectivity index (χ3v) is 5.62. The van der Waals surface area contributed by atoms with Gasteiger partial charge in [-0.1, -0.05) is 18.2 Å². The van der Waals surface area contributed by atoms with Crippen molar-refractivity contribution in [2.24, 2.45) is 0 Å². The van der Waals surface area contributed by atoms with Gasteiger partial charge in [0, 0.05) is 26.1 Å². The lowest BCUT2D eigenvalue weighted by molar-refractivity contribution is -0.137. The molecule has 0 saturated carbocycles. The third kappa shape index (κ3) is 3.44. The highest BCUT2D eigenvalue weighted by Gasteiger charge is 2.38. The Bertz CT molecular complexity index is 1230. The Morgan fingerprint density at radius 2 is 1.90 bits per heavy atom. The number of halogens is 3. The van der Waals surface area contributed by atoms with Crippen molar-refractivity contribution in [1.82, 2.24) is 15.4 Å². The summed E-state index contributed by atoms with van der Waals surface area (Å²) in [6.45, 7) is 1.18. The van der Waals surface area contributed by atoms with Gasteiger partial charge in [0.15, 0.2) is 5.82 Å². The Balaban J connectivity index is 1.60. The number of alkyl halides is 3. The molecule has 3 heterocycles. The topological polar surface area (TPSA) is 83.0 Å². The molecule has 0 aliphatic carbocycles. The summed E-state index contributed by atoms with van der Waals surface area (Å²) in [5.74, 6) is 0.455. The van der Waals surface area contributed by atoms with Crippen LogP contribution < -0.4 is 5.48 Å². The van der Waals surface area contributed by atoms with Crippen LogP contribution in [0.4, 0.5) is 13.2 Å². The van der Waals surface area contributed by atoms with Gasteiger partial charge in [0.1, 0.15) is 22.9 Å². The molecule has 5 rings (SSSR count). The third-order valence-electron chi connectivity index (χ3n) is 5.62. The van der Waals surface area contributed by atoms with E-state index in [0.29, 0.717) is 48.6 Å². The van der Waals surface area contributed by atoms with Crippen LogP contribution in [0.25, 0.3) is 27.9 Å². The zero-order valence-electron chi connectivity index (χ0n) is 16.2. The van der Waals surface area contributed by atoms with Gasteiger partial charge >= 0.3 is 6.18 Å². The van der Waals surface area contributed by atoms with Gasteiger partial charge in [0.05, 0.1) is 16.6 Å². The second-order valence-electron chi connectivity index (χ2n) is 7.60. The number of nitrogens with one attached hydrogen (secondary N) is 2. The lowest BCUT2D eigenvalue weighted by Crippen LogP contribution is -2.36. The van der Waals surface area contributed by atoms with E-state index in [1.165, 1.54) is 24.3 Å². The van der Waals surface area contributed by atoms with Crippen molar-refractivity contribution < 1.29 is 22.7 Å². The molecule has 31 heavy (non-hydrogen) atoms. The number of fused-ring (bicyclic) bond motifs is 1. The van der Waals surface area contributed by atoms with E-state index in [2.05, 4.69) is 15.4 Å². The predicted molar refractivity (Wildman–Crippen MR) is 106 cm³/mol. The van der Waals surface area contributed by atoms with Crippen molar-refractivity contribution in [1.29, 1.82) is 5.26 Å². The molecular formula is C22H17F3N4O2. The Kier molecular flexibility index (Phi) is 4.50. The number of aromatic nitrogens is 2. The fourth-order valence-electron chi connectivity index (χ4n) is 4.03. The second-order valence-corrected chi connectivity index (χ2v) is 7.60. The standard InChI is InChI=1S/C22H17F3N4O2/c23-22(24,25)16-4-2-1-3-15(16)13-9-14(12-26)19-17(10-13)27-20(28-19)18-11-21(31-29-18)5-7-30-8-6-21/h1-4,9-11,29H,5-8H2,(H,27,28). The highest BCUT2D eigenvalue weighted by atomic mass is 19.4. The fraction of sp³-hybridized carbons (Fsp3) is 0.273. The summed E-state index contributed by atoms with van der Waals surface area (Å²) in [5.41, 5.74) is 3.63. The summed E-state index contributed by atoms with van der Waals surface area (Å²) < 4.78 is 45.9. The average molecular weight is 426 g/mol. The number of ether oxygens (including phenoxy) is 1. The van der Waals surface area contributed by atoms with Gasteiger partial charge in [-0.3, -0.25) is 10.3 Å².